The molecule has 3 N–H and O–H groups in total. The van der Waals surface area contributed by atoms with E-state index in [1.165, 1.54) is 6.08 Å². The van der Waals surface area contributed by atoms with E-state index in [-0.39, 0.29) is 42.7 Å². The molecule has 0 unspecified atom stereocenters. The van der Waals surface area contributed by atoms with Crippen LogP contribution in [-0.4, -0.2) is 52.6 Å². The normalized spacial score (nSPS) is 21.0. The number of unbranched alkanes of at least 4 members (excludes halogenated alkanes) is 1. The number of amides is 3. The van der Waals surface area contributed by atoms with Gasteiger partial charge in [0.25, 0.3) is 5.91 Å². The fourth-order valence-electron chi connectivity index (χ4n) is 4.45. The van der Waals surface area contributed by atoms with Crippen LogP contribution in [0.3, 0.4) is 0 Å². The summed E-state index contributed by atoms with van der Waals surface area (Å²) in [6.45, 7) is -0.0532. The first-order valence-electron chi connectivity index (χ1n) is 12.4. The van der Waals surface area contributed by atoms with Crippen LogP contribution in [0.5, 0.6) is 0 Å². The number of hydrogen-bond acceptors (Lipinski definition) is 7. The number of carbonyl (C=O) groups excluding carboxylic acids is 3. The fourth-order valence-corrected chi connectivity index (χ4v) is 6.35. The van der Waals surface area contributed by atoms with Crippen LogP contribution in [-0.2, 0) is 14.3 Å². The van der Waals surface area contributed by atoms with E-state index in [1.807, 2.05) is 48.2 Å². The molecule has 2 aliphatic heterocycles. The topological polar surface area (TPSA) is 133 Å². The summed E-state index contributed by atoms with van der Waals surface area (Å²) in [5.41, 5.74) is 1.11. The molecule has 0 bridgehead atoms. The van der Waals surface area contributed by atoms with Crippen molar-refractivity contribution in [3.05, 3.63) is 70.0 Å². The standard InChI is InChI=1S/C27H28BrN5O4S/c28-23-11-6-9-19(30-23)13-18(14-29)26(35)31-20(17-7-2-1-3-8-17)15-37-24(34)12-5-4-10-22-25-21(16-38-22)32-27(36)33-25/h1-3,6-9,11,13,20-22,25H,4-5,10,12,15-16H2,(H,31,35)(H2,32,33,36)/b18-13+/t20-,21+,22+,25+/m0/s1. The van der Waals surface area contributed by atoms with Crippen LogP contribution in [0.2, 0.25) is 0 Å². The zero-order valence-electron chi connectivity index (χ0n) is 20.6. The van der Waals surface area contributed by atoms with E-state index in [0.29, 0.717) is 22.0 Å². The molecule has 1 aromatic heterocycles. The van der Waals surface area contributed by atoms with Gasteiger partial charge in [-0.05, 0) is 52.5 Å². The molecule has 1 aromatic carbocycles. The van der Waals surface area contributed by atoms with Crippen LogP contribution in [0.15, 0.2) is 58.7 Å². The van der Waals surface area contributed by atoms with Crippen molar-refractivity contribution in [3.63, 3.8) is 0 Å². The van der Waals surface area contributed by atoms with Gasteiger partial charge in [-0.15, -0.1) is 0 Å². The maximum atomic E-state index is 12.9. The Hall–Kier alpha value is -3.36. The maximum absolute atomic E-state index is 12.9. The molecule has 4 rings (SSSR count). The van der Waals surface area contributed by atoms with Gasteiger partial charge >= 0.3 is 12.0 Å². The van der Waals surface area contributed by atoms with E-state index in [0.717, 1.165) is 24.2 Å². The first-order chi connectivity index (χ1) is 18.4. The smallest absolute Gasteiger partial charge is 0.315 e. The van der Waals surface area contributed by atoms with Crippen LogP contribution in [0.4, 0.5) is 4.79 Å². The minimum atomic E-state index is -0.620. The van der Waals surface area contributed by atoms with Crippen molar-refractivity contribution in [2.75, 3.05) is 12.4 Å². The molecular weight excluding hydrogens is 570 g/mol. The number of nitrogens with zero attached hydrogens (tertiary/aromatic N) is 2. The lowest BCUT2D eigenvalue weighted by atomic mass is 10.0. The van der Waals surface area contributed by atoms with Crippen molar-refractivity contribution in [1.82, 2.24) is 20.9 Å². The Morgan fingerprint density at radius 3 is 2.79 bits per heavy atom. The first kappa shape index (κ1) is 27.7. The van der Waals surface area contributed by atoms with Crippen LogP contribution in [0.1, 0.15) is 43.0 Å². The van der Waals surface area contributed by atoms with E-state index >= 15 is 0 Å². The van der Waals surface area contributed by atoms with E-state index in [4.69, 9.17) is 4.74 Å². The van der Waals surface area contributed by atoms with Crippen LogP contribution in [0.25, 0.3) is 6.08 Å². The number of thioether (sulfide) groups is 1. The number of ether oxygens (including phenoxy) is 1. The summed E-state index contributed by atoms with van der Waals surface area (Å²) in [7, 11) is 0. The predicted molar refractivity (Wildman–Crippen MR) is 148 cm³/mol. The molecular formula is C27H28BrN5O4S. The molecule has 38 heavy (non-hydrogen) atoms. The summed E-state index contributed by atoms with van der Waals surface area (Å²) in [5.74, 6) is -0.0208. The number of hydrogen-bond donors (Lipinski definition) is 3. The Bertz CT molecular complexity index is 1240. The van der Waals surface area contributed by atoms with Crippen molar-refractivity contribution >= 4 is 51.7 Å². The maximum Gasteiger partial charge on any atom is 0.315 e. The average Bonchev–Trinajstić information content (AvgIpc) is 3.47. The minimum Gasteiger partial charge on any atom is -0.463 e. The average molecular weight is 599 g/mol. The lowest BCUT2D eigenvalue weighted by Crippen LogP contribution is -2.36. The molecule has 198 valence electrons. The van der Waals surface area contributed by atoms with E-state index in [1.54, 1.807) is 18.2 Å². The number of fused-ring (bicyclic) bond motifs is 1. The van der Waals surface area contributed by atoms with Crippen LogP contribution < -0.4 is 16.0 Å². The van der Waals surface area contributed by atoms with Gasteiger partial charge < -0.3 is 20.7 Å². The van der Waals surface area contributed by atoms with Crippen LogP contribution in [0, 0.1) is 11.3 Å². The van der Waals surface area contributed by atoms with Gasteiger partial charge in [-0.1, -0.05) is 42.8 Å². The molecule has 2 aromatic rings. The molecule has 0 aliphatic carbocycles. The van der Waals surface area contributed by atoms with Crippen molar-refractivity contribution in [2.24, 2.45) is 0 Å². The minimum absolute atomic E-state index is 0.0532. The van der Waals surface area contributed by atoms with Gasteiger partial charge in [-0.25, -0.2) is 9.78 Å². The van der Waals surface area contributed by atoms with E-state index < -0.39 is 11.9 Å². The molecule has 2 aliphatic rings. The molecule has 11 heteroatoms. The number of nitrogens with one attached hydrogen (secondary N) is 3. The van der Waals surface area contributed by atoms with Crippen molar-refractivity contribution in [3.8, 4) is 6.07 Å². The second kappa shape index (κ2) is 13.4. The van der Waals surface area contributed by atoms with Crippen molar-refractivity contribution in [2.45, 2.75) is 49.1 Å². The summed E-state index contributed by atoms with van der Waals surface area (Å²) in [5, 5.41) is 18.6. The molecule has 0 spiro atoms. The largest absolute Gasteiger partial charge is 0.463 e. The number of rotatable bonds is 11. The Balaban J connectivity index is 1.28. The SMILES string of the molecule is N#C/C(=C\c1cccc(Br)n1)C(=O)N[C@@H](COC(=O)CCCC[C@H]1SC[C@H]2NC(=O)N[C@H]21)c1ccccc1. The monoisotopic (exact) mass is 597 g/mol. The highest BCUT2D eigenvalue weighted by atomic mass is 79.9. The summed E-state index contributed by atoms with van der Waals surface area (Å²) >= 11 is 5.13. The Kier molecular flexibility index (Phi) is 9.79. The molecule has 4 atom stereocenters. The van der Waals surface area contributed by atoms with Gasteiger partial charge in [-0.3, -0.25) is 9.59 Å². The van der Waals surface area contributed by atoms with Gasteiger partial charge in [0.15, 0.2) is 0 Å². The third-order valence-corrected chi connectivity index (χ3v) is 8.32. The van der Waals surface area contributed by atoms with Gasteiger partial charge in [0.1, 0.15) is 22.9 Å². The lowest BCUT2D eigenvalue weighted by Gasteiger charge is -2.19. The third-order valence-electron chi connectivity index (χ3n) is 6.37. The number of benzene rings is 1. The summed E-state index contributed by atoms with van der Waals surface area (Å²) in [6, 6.07) is 15.9. The zero-order valence-corrected chi connectivity index (χ0v) is 23.0. The van der Waals surface area contributed by atoms with Gasteiger partial charge in [0.05, 0.1) is 23.8 Å². The highest BCUT2D eigenvalue weighted by Gasteiger charge is 2.42. The highest BCUT2D eigenvalue weighted by Crippen LogP contribution is 2.33. The first-order valence-corrected chi connectivity index (χ1v) is 14.2. The second-order valence-corrected chi connectivity index (χ2v) is 11.1. The van der Waals surface area contributed by atoms with Crippen molar-refractivity contribution in [1.29, 1.82) is 5.26 Å². The summed E-state index contributed by atoms with van der Waals surface area (Å²) in [6.07, 6.45) is 4.12. The zero-order chi connectivity index (χ0) is 26.9. The molecule has 2 fully saturated rings. The Morgan fingerprint density at radius 1 is 1.21 bits per heavy atom. The molecule has 3 heterocycles. The molecule has 2 saturated heterocycles. The third kappa shape index (κ3) is 7.58. The molecule has 0 radical (unpaired) electrons. The molecule has 9 nitrogen and oxygen atoms in total. The number of urea groups is 1. The number of carbonyl (C=O) groups is 3. The van der Waals surface area contributed by atoms with Gasteiger partial charge in [0.2, 0.25) is 0 Å². The van der Waals surface area contributed by atoms with E-state index in [9.17, 15) is 19.6 Å². The summed E-state index contributed by atoms with van der Waals surface area (Å²) < 4.78 is 6.10. The Morgan fingerprint density at radius 2 is 2.03 bits per heavy atom. The number of nitriles is 1. The highest BCUT2D eigenvalue weighted by molar-refractivity contribution is 9.10. The van der Waals surface area contributed by atoms with Gasteiger partial charge in [0, 0.05) is 17.4 Å². The number of aromatic nitrogens is 1. The summed E-state index contributed by atoms with van der Waals surface area (Å²) in [4.78, 5) is 41.1. The van der Waals surface area contributed by atoms with Crippen molar-refractivity contribution < 1.29 is 19.1 Å². The molecule has 3 amide bonds. The fraction of sp³-hybridized carbons (Fsp3) is 0.370. The number of pyridine rings is 1. The second-order valence-electron chi connectivity index (χ2n) is 9.04. The predicted octanol–water partition coefficient (Wildman–Crippen LogP) is 3.88. The molecule has 0 saturated carbocycles. The number of halogens is 1. The Labute approximate surface area is 233 Å². The quantitative estimate of drug-likeness (QED) is 0.0893. The van der Waals surface area contributed by atoms with Crippen LogP contribution >= 0.6 is 27.7 Å². The number of esters is 1. The lowest BCUT2D eigenvalue weighted by molar-refractivity contribution is -0.145. The van der Waals surface area contributed by atoms with Gasteiger partial charge in [-0.2, -0.15) is 17.0 Å². The van der Waals surface area contributed by atoms with E-state index in [2.05, 4.69) is 36.9 Å².